The predicted molar refractivity (Wildman–Crippen MR) is 56.1 cm³/mol. The number of aliphatic hydroxyl groups is 1. The standard InChI is InChI=1S/C11H16FNO2/c1-8(14)6-13(2)7-9-5-10(12)3-4-11(9)15/h3-5,8,14-15H,6-7H2,1-2H3/t8-/m0/s1. The summed E-state index contributed by atoms with van der Waals surface area (Å²) in [4.78, 5) is 1.82. The molecule has 0 heterocycles. The maximum absolute atomic E-state index is 12.9. The molecule has 2 N–H and O–H groups in total. The largest absolute Gasteiger partial charge is 0.508 e. The molecule has 0 fully saturated rings. The van der Waals surface area contributed by atoms with Gasteiger partial charge in [0.05, 0.1) is 6.10 Å². The Balaban J connectivity index is 2.67. The van der Waals surface area contributed by atoms with Crippen molar-refractivity contribution >= 4 is 0 Å². The molecule has 0 unspecified atom stereocenters. The molecular formula is C11H16FNO2. The summed E-state index contributed by atoms with van der Waals surface area (Å²) in [5.41, 5.74) is 0.526. The summed E-state index contributed by atoms with van der Waals surface area (Å²) in [5.74, 6) is -0.290. The summed E-state index contributed by atoms with van der Waals surface area (Å²) < 4.78 is 12.9. The topological polar surface area (TPSA) is 43.7 Å². The Labute approximate surface area is 88.8 Å². The normalized spacial score (nSPS) is 13.1. The van der Waals surface area contributed by atoms with Crippen molar-refractivity contribution in [3.63, 3.8) is 0 Å². The van der Waals surface area contributed by atoms with Crippen molar-refractivity contribution in [1.29, 1.82) is 0 Å². The Hall–Kier alpha value is -1.13. The number of halogens is 1. The lowest BCUT2D eigenvalue weighted by Crippen LogP contribution is -2.26. The molecule has 1 rings (SSSR count). The monoisotopic (exact) mass is 213 g/mol. The molecule has 0 aliphatic rings. The average Bonchev–Trinajstić information content (AvgIpc) is 2.10. The maximum Gasteiger partial charge on any atom is 0.123 e. The van der Waals surface area contributed by atoms with Gasteiger partial charge in [0.15, 0.2) is 0 Å². The van der Waals surface area contributed by atoms with Crippen molar-refractivity contribution in [3.8, 4) is 5.75 Å². The molecule has 4 heteroatoms. The van der Waals surface area contributed by atoms with Gasteiger partial charge in [0.1, 0.15) is 11.6 Å². The van der Waals surface area contributed by atoms with Crippen LogP contribution in [0.5, 0.6) is 5.75 Å². The summed E-state index contributed by atoms with van der Waals surface area (Å²) in [6.45, 7) is 2.58. The van der Waals surface area contributed by atoms with Gasteiger partial charge >= 0.3 is 0 Å². The number of benzene rings is 1. The number of likely N-dealkylation sites (N-methyl/N-ethyl adjacent to an activating group) is 1. The van der Waals surface area contributed by atoms with Crippen molar-refractivity contribution in [2.75, 3.05) is 13.6 Å². The van der Waals surface area contributed by atoms with E-state index in [9.17, 15) is 9.50 Å². The van der Waals surface area contributed by atoms with Crippen LogP contribution in [-0.2, 0) is 6.54 Å². The number of hydrogen-bond donors (Lipinski definition) is 2. The number of hydrogen-bond acceptors (Lipinski definition) is 3. The third kappa shape index (κ3) is 3.85. The highest BCUT2D eigenvalue weighted by atomic mass is 19.1. The fourth-order valence-corrected chi connectivity index (χ4v) is 1.49. The first-order valence-corrected chi connectivity index (χ1v) is 4.83. The molecule has 84 valence electrons. The summed E-state index contributed by atoms with van der Waals surface area (Å²) in [7, 11) is 1.80. The van der Waals surface area contributed by atoms with Crippen molar-refractivity contribution in [2.24, 2.45) is 0 Å². The molecule has 15 heavy (non-hydrogen) atoms. The first-order valence-electron chi connectivity index (χ1n) is 4.83. The maximum atomic E-state index is 12.9. The number of aliphatic hydroxyl groups excluding tert-OH is 1. The van der Waals surface area contributed by atoms with Crippen LogP contribution in [0.25, 0.3) is 0 Å². The van der Waals surface area contributed by atoms with Gasteiger partial charge in [0.2, 0.25) is 0 Å². The first-order chi connectivity index (χ1) is 6.99. The van der Waals surface area contributed by atoms with Crippen molar-refractivity contribution in [2.45, 2.75) is 19.6 Å². The Morgan fingerprint density at radius 3 is 2.73 bits per heavy atom. The minimum Gasteiger partial charge on any atom is -0.508 e. The van der Waals surface area contributed by atoms with E-state index in [0.717, 1.165) is 0 Å². The van der Waals surface area contributed by atoms with E-state index >= 15 is 0 Å². The van der Waals surface area contributed by atoms with E-state index in [-0.39, 0.29) is 11.6 Å². The fourth-order valence-electron chi connectivity index (χ4n) is 1.49. The van der Waals surface area contributed by atoms with Gasteiger partial charge in [-0.15, -0.1) is 0 Å². The Morgan fingerprint density at radius 2 is 2.13 bits per heavy atom. The SMILES string of the molecule is C[C@H](O)CN(C)Cc1cc(F)ccc1O. The van der Waals surface area contributed by atoms with E-state index in [1.165, 1.54) is 18.2 Å². The van der Waals surface area contributed by atoms with Crippen LogP contribution in [0.15, 0.2) is 18.2 Å². The Bertz CT molecular complexity index is 328. The minimum atomic E-state index is -0.439. The lowest BCUT2D eigenvalue weighted by atomic mass is 10.2. The zero-order valence-corrected chi connectivity index (χ0v) is 8.94. The average molecular weight is 213 g/mol. The molecule has 0 radical (unpaired) electrons. The molecule has 1 aromatic rings. The molecule has 0 aliphatic carbocycles. The molecule has 0 aliphatic heterocycles. The molecule has 0 spiro atoms. The van der Waals surface area contributed by atoms with Crippen molar-refractivity contribution in [3.05, 3.63) is 29.6 Å². The summed E-state index contributed by atoms with van der Waals surface area (Å²) in [6, 6.07) is 3.85. The van der Waals surface area contributed by atoms with E-state index in [1.807, 2.05) is 4.90 Å². The summed E-state index contributed by atoms with van der Waals surface area (Å²) in [5, 5.41) is 18.6. The van der Waals surface area contributed by atoms with E-state index < -0.39 is 6.10 Å². The van der Waals surface area contributed by atoms with Gasteiger partial charge in [0.25, 0.3) is 0 Å². The zero-order chi connectivity index (χ0) is 11.4. The minimum absolute atomic E-state index is 0.0776. The highest BCUT2D eigenvalue weighted by Crippen LogP contribution is 2.19. The Kier molecular flexibility index (Phi) is 4.05. The van der Waals surface area contributed by atoms with E-state index in [4.69, 9.17) is 5.11 Å². The van der Waals surface area contributed by atoms with Gasteiger partial charge in [-0.2, -0.15) is 0 Å². The predicted octanol–water partition coefficient (Wildman–Crippen LogP) is 1.34. The van der Waals surface area contributed by atoms with Gasteiger partial charge in [-0.25, -0.2) is 4.39 Å². The number of aromatic hydroxyl groups is 1. The lowest BCUT2D eigenvalue weighted by molar-refractivity contribution is 0.138. The second-order valence-corrected chi connectivity index (χ2v) is 3.82. The summed E-state index contributed by atoms with van der Waals surface area (Å²) >= 11 is 0. The van der Waals surface area contributed by atoms with Crippen LogP contribution in [0.2, 0.25) is 0 Å². The molecule has 1 atom stereocenters. The fraction of sp³-hybridized carbons (Fsp3) is 0.455. The number of phenols is 1. The highest BCUT2D eigenvalue weighted by Gasteiger charge is 2.08. The molecular weight excluding hydrogens is 197 g/mol. The molecule has 1 aromatic carbocycles. The van der Waals surface area contributed by atoms with Gasteiger partial charge in [-0.05, 0) is 32.2 Å². The van der Waals surface area contributed by atoms with Gasteiger partial charge in [-0.1, -0.05) is 0 Å². The van der Waals surface area contributed by atoms with Crippen LogP contribution in [0.3, 0.4) is 0 Å². The molecule has 0 saturated carbocycles. The number of rotatable bonds is 4. The van der Waals surface area contributed by atoms with Crippen molar-refractivity contribution < 1.29 is 14.6 Å². The highest BCUT2D eigenvalue weighted by molar-refractivity contribution is 5.32. The molecule has 0 bridgehead atoms. The molecule has 0 saturated heterocycles. The number of nitrogens with zero attached hydrogens (tertiary/aromatic N) is 1. The molecule has 0 aromatic heterocycles. The van der Waals surface area contributed by atoms with Crippen LogP contribution < -0.4 is 0 Å². The smallest absolute Gasteiger partial charge is 0.123 e. The van der Waals surface area contributed by atoms with E-state index in [0.29, 0.717) is 18.7 Å². The third-order valence-electron chi connectivity index (χ3n) is 2.06. The van der Waals surface area contributed by atoms with Gasteiger partial charge in [-0.3, -0.25) is 4.90 Å². The van der Waals surface area contributed by atoms with Crippen LogP contribution in [-0.4, -0.2) is 34.8 Å². The second-order valence-electron chi connectivity index (χ2n) is 3.82. The third-order valence-corrected chi connectivity index (χ3v) is 2.06. The molecule has 0 amide bonds. The van der Waals surface area contributed by atoms with E-state index in [1.54, 1.807) is 14.0 Å². The quantitative estimate of drug-likeness (QED) is 0.793. The van der Waals surface area contributed by atoms with Crippen LogP contribution >= 0.6 is 0 Å². The van der Waals surface area contributed by atoms with Crippen LogP contribution in [0, 0.1) is 5.82 Å². The van der Waals surface area contributed by atoms with Gasteiger partial charge in [0, 0.05) is 18.7 Å². The second kappa shape index (κ2) is 5.09. The first kappa shape index (κ1) is 11.9. The molecule has 3 nitrogen and oxygen atoms in total. The Morgan fingerprint density at radius 1 is 1.47 bits per heavy atom. The van der Waals surface area contributed by atoms with E-state index in [2.05, 4.69) is 0 Å². The van der Waals surface area contributed by atoms with Crippen molar-refractivity contribution in [1.82, 2.24) is 4.90 Å². The summed E-state index contributed by atoms with van der Waals surface area (Å²) in [6.07, 6.45) is -0.439. The number of phenolic OH excluding ortho intramolecular Hbond substituents is 1. The van der Waals surface area contributed by atoms with Gasteiger partial charge < -0.3 is 10.2 Å². The zero-order valence-electron chi connectivity index (χ0n) is 8.94. The van der Waals surface area contributed by atoms with Crippen LogP contribution in [0.1, 0.15) is 12.5 Å². The van der Waals surface area contributed by atoms with Crippen LogP contribution in [0.4, 0.5) is 4.39 Å². The lowest BCUT2D eigenvalue weighted by Gasteiger charge is -2.18.